The van der Waals surface area contributed by atoms with E-state index in [1.807, 2.05) is 24.3 Å². The number of hydrogen-bond acceptors (Lipinski definition) is 38. The van der Waals surface area contributed by atoms with Crippen LogP contribution in [0.4, 0.5) is 0 Å². The summed E-state index contributed by atoms with van der Waals surface area (Å²) >= 11 is 0. The van der Waals surface area contributed by atoms with Crippen LogP contribution in [0, 0.1) is 70.0 Å². The highest BCUT2D eigenvalue weighted by molar-refractivity contribution is 6.06. The highest BCUT2D eigenvalue weighted by Crippen LogP contribution is 2.52. The number of ether oxygens (including phenoxy) is 12. The first-order valence-electron chi connectivity index (χ1n) is 36.2. The van der Waals surface area contributed by atoms with Gasteiger partial charge in [-0.3, -0.25) is 125 Å². The summed E-state index contributed by atoms with van der Waals surface area (Å²) in [6, 6.07) is 7.32. The predicted molar refractivity (Wildman–Crippen MR) is 353 cm³/mol. The van der Waals surface area contributed by atoms with E-state index in [-0.39, 0.29) is 132 Å². The molecule has 112 heavy (non-hydrogen) atoms. The van der Waals surface area contributed by atoms with Crippen molar-refractivity contribution in [1.29, 1.82) is 0 Å². The molecule has 13 aliphatic rings. The third kappa shape index (κ3) is 22.5. The number of benzene rings is 1. The van der Waals surface area contributed by atoms with Crippen molar-refractivity contribution >= 4 is 143 Å². The molecule has 0 spiro atoms. The molecular formula is C74H80N2O36. The molecule has 1 aliphatic carbocycles. The van der Waals surface area contributed by atoms with Gasteiger partial charge in [-0.2, -0.15) is 0 Å². The van der Waals surface area contributed by atoms with Crippen molar-refractivity contribution in [3.63, 3.8) is 0 Å². The van der Waals surface area contributed by atoms with Crippen molar-refractivity contribution in [3.8, 4) is 0 Å². The van der Waals surface area contributed by atoms with Gasteiger partial charge in [-0.1, -0.05) is 38.1 Å². The molecule has 0 radical (unpaired) electrons. The van der Waals surface area contributed by atoms with Crippen molar-refractivity contribution < 1.29 is 172 Å². The van der Waals surface area contributed by atoms with Gasteiger partial charge in [0.15, 0.2) is 0 Å². The van der Waals surface area contributed by atoms with Crippen molar-refractivity contribution in [2.75, 3.05) is 39.3 Å². The molecule has 0 amide bonds. The lowest BCUT2D eigenvalue weighted by molar-refractivity contribution is -0.170. The van der Waals surface area contributed by atoms with Gasteiger partial charge in [-0.25, -0.2) is 0 Å². The molecule has 0 aromatic heterocycles. The average Bonchev–Trinajstić information content (AvgIpc) is 1.56. The Bertz CT molecular complexity index is 3720. The number of esters is 24. The van der Waals surface area contributed by atoms with Crippen LogP contribution in [0.15, 0.2) is 24.3 Å². The monoisotopic (exact) mass is 1570 g/mol. The number of cyclic esters (lactones) is 24. The maximum atomic E-state index is 11.6. The molecule has 12 saturated heterocycles. The van der Waals surface area contributed by atoms with E-state index >= 15 is 0 Å². The van der Waals surface area contributed by atoms with Gasteiger partial charge in [0, 0.05) is 76.3 Å². The van der Waals surface area contributed by atoms with Crippen LogP contribution in [0.1, 0.15) is 179 Å². The molecule has 602 valence electrons. The normalized spacial score (nSPS) is 28.8. The summed E-state index contributed by atoms with van der Waals surface area (Å²) in [4.78, 5) is 273. The number of nitrogens with zero attached hydrogens (tertiary/aromatic N) is 2. The van der Waals surface area contributed by atoms with Crippen LogP contribution < -0.4 is 0 Å². The molecule has 38 nitrogen and oxygen atoms in total. The number of rotatable bonds is 12. The fraction of sp³-hybridized carbons (Fsp3) is 0.595. The first-order valence-corrected chi connectivity index (χ1v) is 36.2. The zero-order valence-corrected chi connectivity index (χ0v) is 61.2. The van der Waals surface area contributed by atoms with Gasteiger partial charge < -0.3 is 56.8 Å². The average molecular weight is 1570 g/mol. The van der Waals surface area contributed by atoms with Gasteiger partial charge in [0.2, 0.25) is 0 Å². The third-order valence-electron chi connectivity index (χ3n) is 21.8. The van der Waals surface area contributed by atoms with E-state index in [1.165, 1.54) is 13.8 Å². The van der Waals surface area contributed by atoms with Crippen LogP contribution in [0.5, 0.6) is 0 Å². The molecule has 1 aromatic rings. The summed E-state index contributed by atoms with van der Waals surface area (Å²) in [5.74, 6) is -15.6. The van der Waals surface area contributed by atoms with Crippen molar-refractivity contribution in [3.05, 3.63) is 35.4 Å². The van der Waals surface area contributed by atoms with Crippen molar-refractivity contribution in [2.45, 2.75) is 168 Å². The Labute approximate surface area is 635 Å². The molecule has 6 atom stereocenters. The van der Waals surface area contributed by atoms with E-state index in [4.69, 9.17) is 0 Å². The molecule has 14 rings (SSSR count). The minimum Gasteiger partial charge on any atom is -0.393 e. The Balaban J connectivity index is 0.000000155. The summed E-state index contributed by atoms with van der Waals surface area (Å²) < 4.78 is 53.6. The van der Waals surface area contributed by atoms with E-state index in [2.05, 4.69) is 56.8 Å². The lowest BCUT2D eigenvalue weighted by Gasteiger charge is -2.37. The number of hydrogen-bond donors (Lipinski definition) is 0. The molecule has 6 unspecified atom stereocenters. The molecule has 12 heterocycles. The Morgan fingerprint density at radius 1 is 0.286 bits per heavy atom. The molecule has 1 aromatic carbocycles. The van der Waals surface area contributed by atoms with Crippen LogP contribution in [0.25, 0.3) is 0 Å². The van der Waals surface area contributed by atoms with Gasteiger partial charge in [0.05, 0.1) is 99.2 Å². The molecule has 0 N–H and O–H groups in total. The molecular weight excluding hydrogens is 1490 g/mol. The highest BCUT2D eigenvalue weighted by atomic mass is 16.6. The Morgan fingerprint density at radius 2 is 0.536 bits per heavy atom. The summed E-state index contributed by atoms with van der Waals surface area (Å²) in [5.41, 5.74) is -0.877. The van der Waals surface area contributed by atoms with Gasteiger partial charge in [0.25, 0.3) is 0 Å². The van der Waals surface area contributed by atoms with E-state index in [9.17, 15) is 115 Å². The second-order valence-corrected chi connectivity index (χ2v) is 29.9. The first-order chi connectivity index (χ1) is 52.8. The van der Waals surface area contributed by atoms with Crippen LogP contribution in [-0.2, 0) is 172 Å². The number of morpholine rings is 2. The Hall–Kier alpha value is -11.2. The smallest absolute Gasteiger partial charge is 0.327 e. The maximum Gasteiger partial charge on any atom is 0.327 e. The fourth-order valence-corrected chi connectivity index (χ4v) is 15.4. The zero-order chi connectivity index (χ0) is 81.8. The molecule has 1 saturated carbocycles. The van der Waals surface area contributed by atoms with E-state index < -0.39 is 178 Å². The lowest BCUT2D eigenvalue weighted by Crippen LogP contribution is -2.49. The van der Waals surface area contributed by atoms with Gasteiger partial charge in [0.1, 0.15) is 0 Å². The summed E-state index contributed by atoms with van der Waals surface area (Å²) in [6.07, 6.45) is 6.70. The Morgan fingerprint density at radius 3 is 0.777 bits per heavy atom. The summed E-state index contributed by atoms with van der Waals surface area (Å²) in [6.45, 7) is 7.00. The van der Waals surface area contributed by atoms with Crippen molar-refractivity contribution in [1.82, 2.24) is 9.80 Å². The fourth-order valence-electron chi connectivity index (χ4n) is 15.4. The number of carbonyl (C=O) groups is 24. The molecule has 12 aliphatic heterocycles. The largest absolute Gasteiger partial charge is 0.393 e. The van der Waals surface area contributed by atoms with Crippen molar-refractivity contribution in [2.24, 2.45) is 70.0 Å². The second kappa shape index (κ2) is 36.8. The minimum atomic E-state index is -1.31. The molecule has 0 bridgehead atoms. The van der Waals surface area contributed by atoms with E-state index in [0.29, 0.717) is 57.0 Å². The summed E-state index contributed by atoms with van der Waals surface area (Å²) in [7, 11) is 0. The minimum absolute atomic E-state index is 0.0397. The second-order valence-electron chi connectivity index (χ2n) is 29.9. The van der Waals surface area contributed by atoms with Gasteiger partial charge in [-0.05, 0) is 99.0 Å². The van der Waals surface area contributed by atoms with Crippen LogP contribution >= 0.6 is 0 Å². The zero-order valence-electron chi connectivity index (χ0n) is 61.2. The third-order valence-corrected chi connectivity index (χ3v) is 21.8. The molecule has 38 heteroatoms. The highest BCUT2D eigenvalue weighted by Gasteiger charge is 2.65. The SMILES string of the molecule is CC1(C2(C)CC(=O)OC2=O)CC(=O)OC1=O.CC1C(=O)OC(=O)C1CC1C(=O)OC(=O)C1C.O=C1CC(C2CCC(C3CC(=O)OC(=O)C3)CC2)CC(=O)O1.O=C1CC(CC2CC(=O)OC(=O)C2)CC(=O)O1.O=C1CC(c2ccc(C3CC(=O)OC(=O)C3)cc2)CC(=O)O1.O=C1CN(CCN2CC(=O)OC(=O)C2)CC(=O)O1. The first kappa shape index (κ1) is 84.8. The van der Waals surface area contributed by atoms with E-state index in [0.717, 1.165) is 36.8 Å². The topological polar surface area (TPSA) is 527 Å². The van der Waals surface area contributed by atoms with Crippen LogP contribution in [0.2, 0.25) is 0 Å². The lowest BCUT2D eigenvalue weighted by atomic mass is 9.63. The van der Waals surface area contributed by atoms with Gasteiger partial charge in [-0.15, -0.1) is 0 Å². The van der Waals surface area contributed by atoms with E-state index in [1.54, 1.807) is 23.6 Å². The van der Waals surface area contributed by atoms with Crippen LogP contribution in [0.3, 0.4) is 0 Å². The Kier molecular flexibility index (Phi) is 27.9. The number of carbonyl (C=O) groups excluding carboxylic acids is 24. The maximum absolute atomic E-state index is 11.6. The predicted octanol–water partition coefficient (Wildman–Crippen LogP) is 1.42. The standard InChI is InChI=1S/C16H20O6.C16H14O6.2C11H12O6.C10H12N2O6.C10H10O6/c2*17-13-5-11(6-14(18)21-13)9-1-2-10(4-3-9)12-7-15(19)22-16(20)8-12;12-8-2-6(3-9(13)16-8)1-7-4-10(14)17-11(15)5-7;1-4-6(10(14)16-8(4)12)3-7-5(2)9(13)17-11(7)15;13-7-3-11(4-8(14)17-7)1-2-12-5-9(15)18-10(16)6-12;1-9(3-5(11)15-7(9)13)10(2)4-6(12)16-8(10)14/h9-12H,1-8H2;1-4,11-12H,5-8H2;6-7H,1-5H2;4-7H,3H2,1-2H3;1-6H2;3-4H2,1-2H3. The van der Waals surface area contributed by atoms with Gasteiger partial charge >= 0.3 is 143 Å². The molecule has 13 fully saturated rings. The van der Waals surface area contributed by atoms with Crippen LogP contribution in [-0.4, -0.2) is 192 Å². The summed E-state index contributed by atoms with van der Waals surface area (Å²) in [5, 5.41) is 0. The quantitative estimate of drug-likeness (QED) is 0.162.